The van der Waals surface area contributed by atoms with Crippen molar-refractivity contribution in [3.05, 3.63) is 62.0 Å². The Hall–Kier alpha value is -2.34. The fourth-order valence-corrected chi connectivity index (χ4v) is 2.88. The number of ketones is 2. The van der Waals surface area contributed by atoms with Crippen LogP contribution in [0, 0.1) is 10.1 Å². The van der Waals surface area contributed by atoms with E-state index < -0.39 is 4.92 Å². The molecule has 88 valence electrons. The van der Waals surface area contributed by atoms with Gasteiger partial charge in [-0.2, -0.15) is 0 Å². The number of benzene rings is 1. The molecular weight excluding hydrogens is 254 g/mol. The van der Waals surface area contributed by atoms with E-state index in [2.05, 4.69) is 0 Å². The lowest BCUT2D eigenvalue weighted by atomic mass is 9.89. The van der Waals surface area contributed by atoms with Gasteiger partial charge in [0.2, 0.25) is 5.78 Å². The zero-order valence-electron chi connectivity index (χ0n) is 8.88. The smallest absolute Gasteiger partial charge is 0.289 e. The third-order valence-electron chi connectivity index (χ3n) is 2.77. The first-order chi connectivity index (χ1) is 8.59. The molecule has 0 saturated heterocycles. The maximum Gasteiger partial charge on any atom is 0.325 e. The van der Waals surface area contributed by atoms with Crippen molar-refractivity contribution in [1.29, 1.82) is 0 Å². The third kappa shape index (κ3) is 1.32. The van der Waals surface area contributed by atoms with E-state index >= 15 is 0 Å². The van der Waals surface area contributed by atoms with Crippen molar-refractivity contribution in [2.45, 2.75) is 0 Å². The molecule has 0 spiro atoms. The van der Waals surface area contributed by atoms with Crippen LogP contribution in [0.5, 0.6) is 0 Å². The molecule has 0 amide bonds. The average molecular weight is 259 g/mol. The number of carbonyl (C=O) groups is 2. The Morgan fingerprint density at radius 2 is 1.61 bits per heavy atom. The first-order valence-corrected chi connectivity index (χ1v) is 5.88. The van der Waals surface area contributed by atoms with Crippen molar-refractivity contribution >= 4 is 27.9 Å². The summed E-state index contributed by atoms with van der Waals surface area (Å²) in [7, 11) is 0. The van der Waals surface area contributed by atoms with E-state index in [1.54, 1.807) is 24.3 Å². The summed E-state index contributed by atoms with van der Waals surface area (Å²) in [5, 5.41) is 10.5. The Morgan fingerprint density at radius 1 is 1.00 bits per heavy atom. The van der Waals surface area contributed by atoms with Crippen molar-refractivity contribution < 1.29 is 14.5 Å². The van der Waals surface area contributed by atoms with Gasteiger partial charge in [-0.25, -0.2) is 0 Å². The standard InChI is InChI=1S/C12H5NO4S/c14-10-6-3-1-2-4-7(6)11(15)12-8(10)5-9(18-12)13(16)17/h1-5H. The van der Waals surface area contributed by atoms with Gasteiger partial charge < -0.3 is 0 Å². The highest BCUT2D eigenvalue weighted by molar-refractivity contribution is 7.17. The van der Waals surface area contributed by atoms with E-state index in [-0.39, 0.29) is 27.0 Å². The number of nitro groups is 1. The Bertz CT molecular complexity index is 664. The molecule has 0 aliphatic heterocycles. The van der Waals surface area contributed by atoms with E-state index in [9.17, 15) is 19.7 Å². The molecule has 3 rings (SSSR count). The van der Waals surface area contributed by atoms with Crippen molar-refractivity contribution in [3.8, 4) is 0 Å². The number of rotatable bonds is 1. The lowest BCUT2D eigenvalue weighted by Gasteiger charge is -2.12. The molecule has 1 heterocycles. The molecule has 1 aliphatic carbocycles. The molecule has 0 atom stereocenters. The molecule has 5 nitrogen and oxygen atoms in total. The number of hydrogen-bond donors (Lipinski definition) is 0. The maximum absolute atomic E-state index is 12.1. The summed E-state index contributed by atoms with van der Waals surface area (Å²) in [4.78, 5) is 34.5. The van der Waals surface area contributed by atoms with Crippen molar-refractivity contribution in [2.75, 3.05) is 0 Å². The zero-order chi connectivity index (χ0) is 12.9. The Kier molecular flexibility index (Phi) is 2.14. The minimum absolute atomic E-state index is 0.135. The average Bonchev–Trinajstić information content (AvgIpc) is 2.81. The van der Waals surface area contributed by atoms with Crippen LogP contribution in [0.2, 0.25) is 0 Å². The Labute approximate surface area is 105 Å². The van der Waals surface area contributed by atoms with Gasteiger partial charge in [-0.15, -0.1) is 0 Å². The SMILES string of the molecule is O=C1c2ccccc2C(=O)c2sc([N+](=O)[O-])cc21. The molecule has 0 saturated carbocycles. The molecule has 1 aliphatic rings. The molecule has 0 fully saturated rings. The van der Waals surface area contributed by atoms with Gasteiger partial charge in [0.15, 0.2) is 5.78 Å². The van der Waals surface area contributed by atoms with Crippen LogP contribution in [0.3, 0.4) is 0 Å². The molecule has 0 unspecified atom stereocenters. The fourth-order valence-electron chi connectivity index (χ4n) is 1.95. The highest BCUT2D eigenvalue weighted by Crippen LogP contribution is 2.36. The number of fused-ring (bicyclic) bond motifs is 2. The second kappa shape index (κ2) is 3.58. The van der Waals surface area contributed by atoms with E-state index in [4.69, 9.17) is 0 Å². The lowest BCUT2D eigenvalue weighted by molar-refractivity contribution is -0.380. The Balaban J connectivity index is 2.27. The largest absolute Gasteiger partial charge is 0.325 e. The van der Waals surface area contributed by atoms with Crippen LogP contribution in [0.15, 0.2) is 30.3 Å². The van der Waals surface area contributed by atoms with Gasteiger partial charge in [0.05, 0.1) is 15.4 Å². The van der Waals surface area contributed by atoms with Crippen LogP contribution < -0.4 is 0 Å². The summed E-state index contributed by atoms with van der Waals surface area (Å²) >= 11 is 0.749. The molecule has 0 bridgehead atoms. The summed E-state index contributed by atoms with van der Waals surface area (Å²) < 4.78 is 0. The second-order valence-corrected chi connectivity index (χ2v) is 4.82. The van der Waals surface area contributed by atoms with E-state index in [0.29, 0.717) is 11.1 Å². The minimum Gasteiger partial charge on any atom is -0.289 e. The number of carbonyl (C=O) groups excluding carboxylic acids is 2. The van der Waals surface area contributed by atoms with Gasteiger partial charge in [0.1, 0.15) is 0 Å². The van der Waals surface area contributed by atoms with Crippen LogP contribution in [0.1, 0.15) is 31.2 Å². The molecular formula is C12H5NO4S. The normalized spacial score (nSPS) is 13.1. The molecule has 2 aromatic rings. The van der Waals surface area contributed by atoms with Crippen LogP contribution in [0.25, 0.3) is 0 Å². The van der Waals surface area contributed by atoms with Gasteiger partial charge >= 0.3 is 5.00 Å². The zero-order valence-corrected chi connectivity index (χ0v) is 9.69. The lowest BCUT2D eigenvalue weighted by Crippen LogP contribution is -2.18. The minimum atomic E-state index is -0.589. The first-order valence-electron chi connectivity index (χ1n) is 5.06. The van der Waals surface area contributed by atoms with Gasteiger partial charge in [0.25, 0.3) is 0 Å². The van der Waals surface area contributed by atoms with E-state index in [1.807, 2.05) is 0 Å². The summed E-state index contributed by atoms with van der Waals surface area (Å²) in [5.74, 6) is -0.650. The third-order valence-corrected chi connectivity index (χ3v) is 3.85. The molecule has 6 heteroatoms. The van der Waals surface area contributed by atoms with Crippen LogP contribution in [-0.4, -0.2) is 16.5 Å². The predicted octanol–water partition coefficient (Wildman–Crippen LogP) is 2.43. The van der Waals surface area contributed by atoms with Gasteiger partial charge in [-0.05, 0) is 0 Å². The summed E-state index contributed by atoms with van der Waals surface area (Å²) in [6.07, 6.45) is 0. The number of hydrogen-bond acceptors (Lipinski definition) is 5. The molecule has 0 N–H and O–H groups in total. The quantitative estimate of drug-likeness (QED) is 0.496. The predicted molar refractivity (Wildman–Crippen MR) is 64.3 cm³/mol. The monoisotopic (exact) mass is 259 g/mol. The van der Waals surface area contributed by atoms with Gasteiger partial charge in [-0.1, -0.05) is 35.6 Å². The number of thiophene rings is 1. The molecule has 1 aromatic heterocycles. The molecule has 0 radical (unpaired) electrons. The van der Waals surface area contributed by atoms with Crippen molar-refractivity contribution in [2.24, 2.45) is 0 Å². The molecule has 1 aromatic carbocycles. The second-order valence-electron chi connectivity index (χ2n) is 3.79. The van der Waals surface area contributed by atoms with E-state index in [1.165, 1.54) is 6.07 Å². The van der Waals surface area contributed by atoms with Gasteiger partial charge in [0, 0.05) is 17.2 Å². The number of nitrogens with zero attached hydrogens (tertiary/aromatic N) is 1. The summed E-state index contributed by atoms with van der Waals surface area (Å²) in [6, 6.07) is 7.62. The summed E-state index contributed by atoms with van der Waals surface area (Å²) in [5.41, 5.74) is 0.754. The Morgan fingerprint density at radius 3 is 2.22 bits per heavy atom. The maximum atomic E-state index is 12.1. The summed E-state index contributed by atoms with van der Waals surface area (Å²) in [6.45, 7) is 0. The topological polar surface area (TPSA) is 77.3 Å². The highest BCUT2D eigenvalue weighted by Gasteiger charge is 2.33. The fraction of sp³-hybridized carbons (Fsp3) is 0. The first kappa shape index (κ1) is 10.8. The van der Waals surface area contributed by atoms with Crippen molar-refractivity contribution in [1.82, 2.24) is 0 Å². The molecule has 18 heavy (non-hydrogen) atoms. The van der Waals surface area contributed by atoms with E-state index in [0.717, 1.165) is 11.3 Å². The van der Waals surface area contributed by atoms with Gasteiger partial charge in [-0.3, -0.25) is 19.7 Å². The van der Waals surface area contributed by atoms with Crippen LogP contribution in [0.4, 0.5) is 5.00 Å². The van der Waals surface area contributed by atoms with Crippen LogP contribution >= 0.6 is 11.3 Å². The van der Waals surface area contributed by atoms with Crippen LogP contribution in [-0.2, 0) is 0 Å². The van der Waals surface area contributed by atoms with Crippen molar-refractivity contribution in [3.63, 3.8) is 0 Å². The highest BCUT2D eigenvalue weighted by atomic mass is 32.1.